The van der Waals surface area contributed by atoms with Crippen LogP contribution in [0.4, 0.5) is 14.9 Å². The Morgan fingerprint density at radius 3 is 2.23 bits per heavy atom. The minimum atomic E-state index is -1.35. The standard InChI is InChI=1S/C22H23FN4O4/c1-4-22(15-7-9-16(23)10-8-15)20(30)27(21(31)25-22)13-18(28)24-17-11-5-14(6-12-17)19(29)26(2)3/h5-12H,4,13H2,1-3H3,(H,24,28)(H,25,31)/t22-/m1/s1. The monoisotopic (exact) mass is 426 g/mol. The van der Waals surface area contributed by atoms with Crippen LogP contribution in [0.1, 0.15) is 29.3 Å². The molecule has 0 aliphatic carbocycles. The zero-order chi connectivity index (χ0) is 22.8. The Bertz CT molecular complexity index is 1020. The maximum atomic E-state index is 13.3. The van der Waals surface area contributed by atoms with Gasteiger partial charge in [-0.2, -0.15) is 0 Å². The van der Waals surface area contributed by atoms with E-state index in [4.69, 9.17) is 0 Å². The lowest BCUT2D eigenvalue weighted by Crippen LogP contribution is -2.44. The van der Waals surface area contributed by atoms with Gasteiger partial charge >= 0.3 is 6.03 Å². The number of rotatable bonds is 6. The van der Waals surface area contributed by atoms with E-state index in [2.05, 4.69) is 10.6 Å². The fourth-order valence-electron chi connectivity index (χ4n) is 3.44. The molecule has 9 heteroatoms. The lowest BCUT2D eigenvalue weighted by molar-refractivity contribution is -0.134. The van der Waals surface area contributed by atoms with Gasteiger partial charge in [0.2, 0.25) is 5.91 Å². The highest BCUT2D eigenvalue weighted by molar-refractivity contribution is 6.10. The normalized spacial score (nSPS) is 18.0. The molecule has 8 nitrogen and oxygen atoms in total. The first-order valence-corrected chi connectivity index (χ1v) is 9.69. The first-order valence-electron chi connectivity index (χ1n) is 9.69. The number of hydrogen-bond acceptors (Lipinski definition) is 4. The molecule has 0 saturated carbocycles. The van der Waals surface area contributed by atoms with Gasteiger partial charge in [-0.15, -0.1) is 0 Å². The van der Waals surface area contributed by atoms with Gasteiger partial charge < -0.3 is 15.5 Å². The van der Waals surface area contributed by atoms with Gasteiger partial charge in [0.25, 0.3) is 11.8 Å². The third-order valence-electron chi connectivity index (χ3n) is 5.17. The minimum Gasteiger partial charge on any atom is -0.345 e. The summed E-state index contributed by atoms with van der Waals surface area (Å²) in [7, 11) is 3.27. The third-order valence-corrected chi connectivity index (χ3v) is 5.17. The van der Waals surface area contributed by atoms with E-state index in [0.717, 1.165) is 4.90 Å². The first-order chi connectivity index (χ1) is 14.7. The molecule has 1 aliphatic rings. The summed E-state index contributed by atoms with van der Waals surface area (Å²) in [4.78, 5) is 52.2. The number of benzene rings is 2. The molecule has 0 bridgehead atoms. The summed E-state index contributed by atoms with van der Waals surface area (Å²) < 4.78 is 13.3. The maximum absolute atomic E-state index is 13.3. The third kappa shape index (κ3) is 4.25. The molecule has 2 aromatic carbocycles. The Kier molecular flexibility index (Phi) is 6.05. The number of carbonyl (C=O) groups excluding carboxylic acids is 4. The Morgan fingerprint density at radius 2 is 1.68 bits per heavy atom. The van der Waals surface area contributed by atoms with E-state index in [1.807, 2.05) is 0 Å². The fourth-order valence-corrected chi connectivity index (χ4v) is 3.44. The van der Waals surface area contributed by atoms with Gasteiger partial charge in [0.1, 0.15) is 17.9 Å². The van der Waals surface area contributed by atoms with Crippen molar-refractivity contribution in [1.29, 1.82) is 0 Å². The summed E-state index contributed by atoms with van der Waals surface area (Å²) in [5, 5.41) is 5.26. The van der Waals surface area contributed by atoms with E-state index in [1.54, 1.807) is 45.3 Å². The predicted molar refractivity (Wildman–Crippen MR) is 112 cm³/mol. The lowest BCUT2D eigenvalue weighted by atomic mass is 9.87. The topological polar surface area (TPSA) is 98.8 Å². The Balaban J connectivity index is 1.71. The zero-order valence-corrected chi connectivity index (χ0v) is 17.4. The van der Waals surface area contributed by atoms with Crippen LogP contribution in [-0.4, -0.2) is 54.2 Å². The number of urea groups is 1. The molecule has 1 saturated heterocycles. The SMILES string of the molecule is CC[C@]1(c2ccc(F)cc2)NC(=O)N(CC(=O)Nc2ccc(C(=O)N(C)C)cc2)C1=O. The smallest absolute Gasteiger partial charge is 0.325 e. The van der Waals surface area contributed by atoms with Crippen LogP contribution in [0, 0.1) is 5.82 Å². The molecular formula is C22H23FN4O4. The van der Waals surface area contributed by atoms with Gasteiger partial charge in [-0.3, -0.25) is 19.3 Å². The lowest BCUT2D eigenvalue weighted by Gasteiger charge is -2.25. The average Bonchev–Trinajstić information content (AvgIpc) is 2.99. The van der Waals surface area contributed by atoms with Crippen LogP contribution in [0.5, 0.6) is 0 Å². The number of halogens is 1. The molecule has 3 rings (SSSR count). The van der Waals surface area contributed by atoms with Crippen LogP contribution in [-0.2, 0) is 15.1 Å². The number of amides is 5. The van der Waals surface area contributed by atoms with Gasteiger partial charge in [-0.1, -0.05) is 19.1 Å². The van der Waals surface area contributed by atoms with Crippen molar-refractivity contribution >= 4 is 29.4 Å². The van der Waals surface area contributed by atoms with E-state index >= 15 is 0 Å². The fraction of sp³-hybridized carbons (Fsp3) is 0.273. The predicted octanol–water partition coefficient (Wildman–Crippen LogP) is 2.32. The second-order valence-corrected chi connectivity index (χ2v) is 7.41. The average molecular weight is 426 g/mol. The molecule has 0 unspecified atom stereocenters. The quantitative estimate of drug-likeness (QED) is 0.693. The highest BCUT2D eigenvalue weighted by Crippen LogP contribution is 2.32. The Morgan fingerprint density at radius 1 is 1.06 bits per heavy atom. The summed E-state index contributed by atoms with van der Waals surface area (Å²) in [6.45, 7) is 1.24. The van der Waals surface area contributed by atoms with Gasteiger partial charge in [-0.05, 0) is 48.4 Å². The molecule has 162 valence electrons. The minimum absolute atomic E-state index is 0.172. The summed E-state index contributed by atoms with van der Waals surface area (Å²) in [6, 6.07) is 10.9. The van der Waals surface area contributed by atoms with Crippen molar-refractivity contribution in [2.75, 3.05) is 26.0 Å². The van der Waals surface area contributed by atoms with Crippen LogP contribution >= 0.6 is 0 Å². The maximum Gasteiger partial charge on any atom is 0.325 e. The van der Waals surface area contributed by atoms with Crippen molar-refractivity contribution in [3.63, 3.8) is 0 Å². The molecule has 31 heavy (non-hydrogen) atoms. The highest BCUT2D eigenvalue weighted by Gasteiger charge is 2.51. The molecule has 1 heterocycles. The second-order valence-electron chi connectivity index (χ2n) is 7.41. The summed E-state index contributed by atoms with van der Waals surface area (Å²) in [5.74, 6) is -1.77. The summed E-state index contributed by atoms with van der Waals surface area (Å²) >= 11 is 0. The van der Waals surface area contributed by atoms with E-state index in [9.17, 15) is 23.6 Å². The number of nitrogens with one attached hydrogen (secondary N) is 2. The number of nitrogens with zero attached hydrogens (tertiary/aromatic N) is 2. The number of hydrogen-bond donors (Lipinski definition) is 2. The van der Waals surface area contributed by atoms with Crippen molar-refractivity contribution in [3.8, 4) is 0 Å². The molecule has 0 radical (unpaired) electrons. The molecule has 0 aromatic heterocycles. The van der Waals surface area contributed by atoms with Crippen LogP contribution in [0.3, 0.4) is 0 Å². The Labute approximate surface area is 179 Å². The van der Waals surface area contributed by atoms with Crippen molar-refractivity contribution in [2.45, 2.75) is 18.9 Å². The Hall–Kier alpha value is -3.75. The zero-order valence-electron chi connectivity index (χ0n) is 17.4. The van der Waals surface area contributed by atoms with Crippen LogP contribution in [0.2, 0.25) is 0 Å². The molecule has 2 N–H and O–H groups in total. The van der Waals surface area contributed by atoms with Gasteiger partial charge in [-0.25, -0.2) is 9.18 Å². The van der Waals surface area contributed by atoms with Crippen molar-refractivity contribution in [2.24, 2.45) is 0 Å². The van der Waals surface area contributed by atoms with Gasteiger partial charge in [0, 0.05) is 25.3 Å². The van der Waals surface area contributed by atoms with Crippen LogP contribution < -0.4 is 10.6 Å². The van der Waals surface area contributed by atoms with Crippen molar-refractivity contribution < 1.29 is 23.6 Å². The molecule has 1 atom stereocenters. The summed E-state index contributed by atoms with van der Waals surface area (Å²) in [6.07, 6.45) is 0.239. The molecule has 1 fully saturated rings. The van der Waals surface area contributed by atoms with Gasteiger partial charge in [0.15, 0.2) is 0 Å². The number of imide groups is 1. The number of anilines is 1. The van der Waals surface area contributed by atoms with Crippen molar-refractivity contribution in [3.05, 3.63) is 65.5 Å². The van der Waals surface area contributed by atoms with E-state index in [1.165, 1.54) is 29.2 Å². The van der Waals surface area contributed by atoms with E-state index in [-0.39, 0.29) is 12.3 Å². The van der Waals surface area contributed by atoms with E-state index < -0.39 is 35.7 Å². The summed E-state index contributed by atoms with van der Waals surface area (Å²) in [5.41, 5.74) is -0.0187. The molecule has 2 aromatic rings. The largest absolute Gasteiger partial charge is 0.345 e. The number of carbonyl (C=O) groups is 4. The first kappa shape index (κ1) is 21.9. The molecular weight excluding hydrogens is 403 g/mol. The van der Waals surface area contributed by atoms with Crippen LogP contribution in [0.25, 0.3) is 0 Å². The van der Waals surface area contributed by atoms with Crippen molar-refractivity contribution in [1.82, 2.24) is 15.1 Å². The molecule has 0 spiro atoms. The molecule has 1 aliphatic heterocycles. The van der Waals surface area contributed by atoms with Crippen LogP contribution in [0.15, 0.2) is 48.5 Å². The second kappa shape index (κ2) is 8.55. The van der Waals surface area contributed by atoms with E-state index in [0.29, 0.717) is 16.8 Å². The highest BCUT2D eigenvalue weighted by atomic mass is 19.1. The molecule has 5 amide bonds. The van der Waals surface area contributed by atoms with Gasteiger partial charge in [0.05, 0.1) is 0 Å².